The highest BCUT2D eigenvalue weighted by atomic mass is 127. The predicted octanol–water partition coefficient (Wildman–Crippen LogP) is 1.33. The average molecular weight is 278 g/mol. The molecule has 0 aliphatic heterocycles. The molecular weight excluding hydrogens is 275 g/mol. The third-order valence-corrected chi connectivity index (χ3v) is 2.31. The van der Waals surface area contributed by atoms with E-state index in [1.54, 1.807) is 10.9 Å². The summed E-state index contributed by atoms with van der Waals surface area (Å²) in [7, 11) is 0. The summed E-state index contributed by atoms with van der Waals surface area (Å²) in [5, 5.41) is 4.87. The number of hydrogen-bond acceptors (Lipinski definition) is 4. The smallest absolute Gasteiger partial charge is 0.211 e. The van der Waals surface area contributed by atoms with Gasteiger partial charge in [-0.25, -0.2) is 9.67 Å². The maximum atomic E-state index is 4.08. The van der Waals surface area contributed by atoms with Gasteiger partial charge in [0.05, 0.1) is 9.77 Å². The van der Waals surface area contributed by atoms with Crippen LogP contribution in [0.3, 0.4) is 0 Å². The molecule has 0 bridgehead atoms. The minimum Gasteiger partial charge on any atom is -0.211 e. The van der Waals surface area contributed by atoms with E-state index in [1.807, 2.05) is 6.20 Å². The van der Waals surface area contributed by atoms with E-state index >= 15 is 0 Å². The van der Waals surface area contributed by atoms with Crippen LogP contribution in [0, 0.1) is 3.57 Å². The van der Waals surface area contributed by atoms with Crippen molar-refractivity contribution in [2.75, 3.05) is 0 Å². The van der Waals surface area contributed by atoms with E-state index in [9.17, 15) is 0 Å². The maximum absolute atomic E-state index is 4.08. The Morgan fingerprint density at radius 1 is 1.55 bits per heavy atom. The topological polar surface area (TPSA) is 43.6 Å². The maximum Gasteiger partial charge on any atom is 0.229 e. The fourth-order valence-corrected chi connectivity index (χ4v) is 1.53. The van der Waals surface area contributed by atoms with Crippen LogP contribution in [0.15, 0.2) is 18.7 Å². The molecule has 0 N–H and O–H groups in total. The second kappa shape index (κ2) is 2.86. The van der Waals surface area contributed by atoms with E-state index in [0.717, 1.165) is 8.70 Å². The van der Waals surface area contributed by atoms with Gasteiger partial charge in [0.2, 0.25) is 5.13 Å². The van der Waals surface area contributed by atoms with Crippen molar-refractivity contribution in [2.24, 2.45) is 0 Å². The van der Waals surface area contributed by atoms with Gasteiger partial charge in [0.1, 0.15) is 6.33 Å². The Labute approximate surface area is 80.6 Å². The molecule has 0 saturated carbocycles. The quantitative estimate of drug-likeness (QED) is 0.739. The lowest BCUT2D eigenvalue weighted by atomic mass is 10.8. The van der Waals surface area contributed by atoms with Gasteiger partial charge in [-0.15, -0.1) is 0 Å². The van der Waals surface area contributed by atoms with Gasteiger partial charge >= 0.3 is 0 Å². The van der Waals surface area contributed by atoms with Crippen LogP contribution in [0.1, 0.15) is 0 Å². The summed E-state index contributed by atoms with van der Waals surface area (Å²) in [6.07, 6.45) is 5.21. The van der Waals surface area contributed by atoms with Gasteiger partial charge in [-0.3, -0.25) is 0 Å². The zero-order chi connectivity index (χ0) is 7.68. The lowest BCUT2D eigenvalue weighted by Gasteiger charge is -1.88. The van der Waals surface area contributed by atoms with Crippen LogP contribution in [-0.2, 0) is 0 Å². The van der Waals surface area contributed by atoms with Gasteiger partial charge < -0.3 is 0 Å². The molecule has 2 aromatic rings. The summed E-state index contributed by atoms with van der Waals surface area (Å²) in [6.45, 7) is 0. The van der Waals surface area contributed by atoms with Crippen LogP contribution in [-0.4, -0.2) is 19.1 Å². The Bertz CT molecular complexity index is 341. The Balaban J connectivity index is 2.45. The molecule has 2 rings (SSSR count). The normalized spacial score (nSPS) is 10.3. The number of nitrogens with zero attached hydrogens (tertiary/aromatic N) is 4. The lowest BCUT2D eigenvalue weighted by Crippen LogP contribution is -1.91. The highest BCUT2D eigenvalue weighted by Crippen LogP contribution is 2.09. The molecule has 0 atom stereocenters. The molecule has 0 aliphatic carbocycles. The van der Waals surface area contributed by atoms with E-state index in [2.05, 4.69) is 37.0 Å². The predicted molar refractivity (Wildman–Crippen MR) is 49.7 cm³/mol. The fourth-order valence-electron chi connectivity index (χ4n) is 0.674. The first-order valence-corrected chi connectivity index (χ1v) is 4.69. The average Bonchev–Trinajstić information content (AvgIpc) is 2.55. The van der Waals surface area contributed by atoms with Gasteiger partial charge in [0, 0.05) is 17.7 Å². The molecular formula is C5H3IN4S. The summed E-state index contributed by atoms with van der Waals surface area (Å²) in [5.74, 6) is 0. The summed E-state index contributed by atoms with van der Waals surface area (Å²) in [5.41, 5.74) is 0. The number of hydrogen-bond donors (Lipinski definition) is 0. The van der Waals surface area contributed by atoms with Crippen molar-refractivity contribution in [1.29, 1.82) is 0 Å². The third-order valence-electron chi connectivity index (χ3n) is 1.10. The van der Waals surface area contributed by atoms with Crippen molar-refractivity contribution in [3.05, 3.63) is 22.3 Å². The number of halogens is 1. The molecule has 0 amide bonds. The first kappa shape index (κ1) is 7.17. The fraction of sp³-hybridized carbons (Fsp3) is 0. The molecule has 0 unspecified atom stereocenters. The lowest BCUT2D eigenvalue weighted by molar-refractivity contribution is 0.869. The van der Waals surface area contributed by atoms with Crippen molar-refractivity contribution in [3.63, 3.8) is 0 Å². The zero-order valence-corrected chi connectivity index (χ0v) is 8.28. The molecule has 0 fully saturated rings. The van der Waals surface area contributed by atoms with Crippen molar-refractivity contribution >= 4 is 34.1 Å². The monoisotopic (exact) mass is 278 g/mol. The van der Waals surface area contributed by atoms with Crippen LogP contribution in [0.2, 0.25) is 0 Å². The molecule has 0 aliphatic rings. The second-order valence-corrected chi connectivity index (χ2v) is 3.83. The van der Waals surface area contributed by atoms with E-state index in [4.69, 9.17) is 0 Å². The second-order valence-electron chi connectivity index (χ2n) is 1.83. The molecule has 2 aromatic heterocycles. The summed E-state index contributed by atoms with van der Waals surface area (Å²) in [6, 6.07) is 0. The summed E-state index contributed by atoms with van der Waals surface area (Å²) < 4.78 is 6.68. The Hall–Kier alpha value is -0.500. The standard InChI is InChI=1S/C5H3IN4S/c6-4-1-8-10(2-4)5-7-3-9-11-5/h1-3H. The number of rotatable bonds is 1. The molecule has 0 spiro atoms. The van der Waals surface area contributed by atoms with Gasteiger partial charge in [0.15, 0.2) is 0 Å². The Morgan fingerprint density at radius 2 is 2.45 bits per heavy atom. The molecule has 6 heteroatoms. The van der Waals surface area contributed by atoms with Crippen LogP contribution in [0.25, 0.3) is 5.13 Å². The molecule has 0 radical (unpaired) electrons. The van der Waals surface area contributed by atoms with E-state index in [0.29, 0.717) is 0 Å². The van der Waals surface area contributed by atoms with Gasteiger partial charge in [-0.1, -0.05) is 0 Å². The van der Waals surface area contributed by atoms with Crippen molar-refractivity contribution in [3.8, 4) is 5.13 Å². The van der Waals surface area contributed by atoms with Gasteiger partial charge in [0.25, 0.3) is 0 Å². The van der Waals surface area contributed by atoms with Crippen LogP contribution in [0.5, 0.6) is 0 Å². The summed E-state index contributed by atoms with van der Waals surface area (Å²) >= 11 is 3.52. The Morgan fingerprint density at radius 3 is 3.00 bits per heavy atom. The zero-order valence-electron chi connectivity index (χ0n) is 5.31. The van der Waals surface area contributed by atoms with Crippen LogP contribution in [0.4, 0.5) is 0 Å². The minimum atomic E-state index is 0.799. The first-order valence-electron chi connectivity index (χ1n) is 2.83. The van der Waals surface area contributed by atoms with E-state index < -0.39 is 0 Å². The number of aromatic nitrogens is 4. The van der Waals surface area contributed by atoms with E-state index in [1.165, 1.54) is 17.9 Å². The van der Waals surface area contributed by atoms with Crippen LogP contribution >= 0.6 is 34.1 Å². The highest BCUT2D eigenvalue weighted by Gasteiger charge is 2.00. The third kappa shape index (κ3) is 1.41. The first-order chi connectivity index (χ1) is 5.36. The molecule has 11 heavy (non-hydrogen) atoms. The molecule has 0 saturated heterocycles. The largest absolute Gasteiger partial charge is 0.229 e. The summed E-state index contributed by atoms with van der Waals surface area (Å²) in [4.78, 5) is 4.00. The van der Waals surface area contributed by atoms with Crippen molar-refractivity contribution < 1.29 is 0 Å². The van der Waals surface area contributed by atoms with Crippen molar-refractivity contribution in [1.82, 2.24) is 19.1 Å². The molecule has 4 nitrogen and oxygen atoms in total. The van der Waals surface area contributed by atoms with Gasteiger partial charge in [-0.05, 0) is 22.6 Å². The minimum absolute atomic E-state index is 0.799. The van der Waals surface area contributed by atoms with Crippen LogP contribution < -0.4 is 0 Å². The molecule has 0 aromatic carbocycles. The molecule has 56 valence electrons. The Kier molecular flexibility index (Phi) is 1.86. The molecule has 2 heterocycles. The highest BCUT2D eigenvalue weighted by molar-refractivity contribution is 14.1. The van der Waals surface area contributed by atoms with E-state index in [-0.39, 0.29) is 0 Å². The van der Waals surface area contributed by atoms with Gasteiger partial charge in [-0.2, -0.15) is 9.47 Å². The SMILES string of the molecule is Ic1cnn(-c2ncns2)c1. The van der Waals surface area contributed by atoms with Crippen molar-refractivity contribution in [2.45, 2.75) is 0 Å².